The summed E-state index contributed by atoms with van der Waals surface area (Å²) in [7, 11) is 0. The standard InChI is InChI=1S/C15H17NO3/c17-10-16-12-6-7-13(16)9-14(8-12)19-15(18)11-4-2-1-3-5-11/h1-5,10,12-14H,6-9H2. The fourth-order valence-electron chi connectivity index (χ4n) is 3.23. The van der Waals surface area contributed by atoms with Gasteiger partial charge in [0.15, 0.2) is 0 Å². The van der Waals surface area contributed by atoms with E-state index in [1.54, 1.807) is 12.1 Å². The van der Waals surface area contributed by atoms with E-state index in [-0.39, 0.29) is 24.2 Å². The maximum atomic E-state index is 12.0. The van der Waals surface area contributed by atoms with Gasteiger partial charge in [-0.15, -0.1) is 0 Å². The Balaban J connectivity index is 1.63. The number of benzene rings is 1. The zero-order valence-electron chi connectivity index (χ0n) is 10.7. The number of ether oxygens (including phenoxy) is 1. The van der Waals surface area contributed by atoms with E-state index in [9.17, 15) is 9.59 Å². The predicted molar refractivity (Wildman–Crippen MR) is 69.6 cm³/mol. The highest BCUT2D eigenvalue weighted by molar-refractivity contribution is 5.89. The van der Waals surface area contributed by atoms with Crippen LogP contribution in [-0.2, 0) is 9.53 Å². The first-order chi connectivity index (χ1) is 9.28. The van der Waals surface area contributed by atoms with Crippen LogP contribution in [0.3, 0.4) is 0 Å². The van der Waals surface area contributed by atoms with Gasteiger partial charge >= 0.3 is 5.97 Å². The van der Waals surface area contributed by atoms with Gasteiger partial charge in [0, 0.05) is 24.9 Å². The smallest absolute Gasteiger partial charge is 0.338 e. The Morgan fingerprint density at radius 3 is 2.37 bits per heavy atom. The van der Waals surface area contributed by atoms with Crippen molar-refractivity contribution in [3.63, 3.8) is 0 Å². The van der Waals surface area contributed by atoms with Crippen LogP contribution in [0.25, 0.3) is 0 Å². The topological polar surface area (TPSA) is 46.6 Å². The van der Waals surface area contributed by atoms with Crippen molar-refractivity contribution in [1.29, 1.82) is 0 Å². The van der Waals surface area contributed by atoms with Crippen LogP contribution >= 0.6 is 0 Å². The monoisotopic (exact) mass is 259 g/mol. The lowest BCUT2D eigenvalue weighted by molar-refractivity contribution is -0.123. The van der Waals surface area contributed by atoms with Crippen molar-refractivity contribution in [3.8, 4) is 0 Å². The Bertz CT molecular complexity index is 460. The number of nitrogens with zero attached hydrogens (tertiary/aromatic N) is 1. The maximum Gasteiger partial charge on any atom is 0.338 e. The zero-order valence-corrected chi connectivity index (χ0v) is 10.7. The second-order valence-electron chi connectivity index (χ2n) is 5.30. The summed E-state index contributed by atoms with van der Waals surface area (Å²) in [6, 6.07) is 9.56. The normalized spacial score (nSPS) is 29.1. The summed E-state index contributed by atoms with van der Waals surface area (Å²) < 4.78 is 5.57. The Morgan fingerprint density at radius 1 is 1.16 bits per heavy atom. The summed E-state index contributed by atoms with van der Waals surface area (Å²) >= 11 is 0. The molecule has 0 N–H and O–H groups in total. The Morgan fingerprint density at radius 2 is 1.79 bits per heavy atom. The average Bonchev–Trinajstić information content (AvgIpc) is 2.70. The van der Waals surface area contributed by atoms with Crippen LogP contribution in [0.2, 0.25) is 0 Å². The van der Waals surface area contributed by atoms with Crippen LogP contribution in [0, 0.1) is 0 Å². The van der Waals surface area contributed by atoms with E-state index in [0.29, 0.717) is 5.56 Å². The minimum Gasteiger partial charge on any atom is -0.459 e. The fourth-order valence-corrected chi connectivity index (χ4v) is 3.23. The molecular weight excluding hydrogens is 242 g/mol. The molecule has 2 bridgehead atoms. The van der Waals surface area contributed by atoms with Crippen LogP contribution in [-0.4, -0.2) is 35.5 Å². The van der Waals surface area contributed by atoms with Gasteiger partial charge in [-0.3, -0.25) is 4.79 Å². The largest absolute Gasteiger partial charge is 0.459 e. The molecule has 100 valence electrons. The molecule has 2 heterocycles. The summed E-state index contributed by atoms with van der Waals surface area (Å²) in [5.74, 6) is -0.260. The van der Waals surface area contributed by atoms with Gasteiger partial charge < -0.3 is 9.64 Å². The SMILES string of the molecule is O=CN1C2CCC1CC(OC(=O)c1ccccc1)C2. The van der Waals surface area contributed by atoms with Crippen LogP contribution < -0.4 is 0 Å². The third-order valence-electron chi connectivity index (χ3n) is 4.15. The van der Waals surface area contributed by atoms with Crippen molar-refractivity contribution >= 4 is 12.4 Å². The van der Waals surface area contributed by atoms with Crippen LogP contribution in [0.15, 0.2) is 30.3 Å². The molecule has 3 rings (SSSR count). The number of hydrogen-bond acceptors (Lipinski definition) is 3. The van der Waals surface area contributed by atoms with E-state index in [0.717, 1.165) is 32.1 Å². The van der Waals surface area contributed by atoms with Crippen molar-refractivity contribution in [2.24, 2.45) is 0 Å². The highest BCUT2D eigenvalue weighted by Crippen LogP contribution is 2.35. The van der Waals surface area contributed by atoms with E-state index >= 15 is 0 Å². The molecular formula is C15H17NO3. The number of hydrogen-bond donors (Lipinski definition) is 0. The number of esters is 1. The van der Waals surface area contributed by atoms with Gasteiger partial charge in [-0.25, -0.2) is 4.79 Å². The van der Waals surface area contributed by atoms with Gasteiger partial charge in [-0.2, -0.15) is 0 Å². The zero-order chi connectivity index (χ0) is 13.2. The third-order valence-corrected chi connectivity index (χ3v) is 4.15. The van der Waals surface area contributed by atoms with Crippen LogP contribution in [0.4, 0.5) is 0 Å². The summed E-state index contributed by atoms with van der Waals surface area (Å²) in [5.41, 5.74) is 0.590. The molecule has 0 saturated carbocycles. The van der Waals surface area contributed by atoms with Crippen molar-refractivity contribution in [2.45, 2.75) is 43.9 Å². The molecule has 2 unspecified atom stereocenters. The number of piperidine rings is 1. The van der Waals surface area contributed by atoms with Crippen molar-refractivity contribution in [2.75, 3.05) is 0 Å². The quantitative estimate of drug-likeness (QED) is 0.616. The fraction of sp³-hybridized carbons (Fsp3) is 0.467. The van der Waals surface area contributed by atoms with Gasteiger partial charge in [0.1, 0.15) is 6.10 Å². The minimum atomic E-state index is -0.260. The van der Waals surface area contributed by atoms with Gasteiger partial charge in [0.2, 0.25) is 6.41 Å². The second kappa shape index (κ2) is 5.03. The van der Waals surface area contributed by atoms with E-state index in [1.165, 1.54) is 0 Å². The average molecular weight is 259 g/mol. The molecule has 1 aromatic carbocycles. The van der Waals surface area contributed by atoms with Gasteiger partial charge in [-0.05, 0) is 25.0 Å². The maximum absolute atomic E-state index is 12.0. The first-order valence-electron chi connectivity index (χ1n) is 6.76. The molecule has 2 atom stereocenters. The first-order valence-corrected chi connectivity index (χ1v) is 6.76. The number of rotatable bonds is 3. The molecule has 2 aliphatic heterocycles. The number of amides is 1. The Hall–Kier alpha value is -1.84. The number of carbonyl (C=O) groups excluding carboxylic acids is 2. The van der Waals surface area contributed by atoms with Gasteiger partial charge in [-0.1, -0.05) is 18.2 Å². The molecule has 2 saturated heterocycles. The van der Waals surface area contributed by atoms with Crippen LogP contribution in [0.5, 0.6) is 0 Å². The molecule has 4 heteroatoms. The summed E-state index contributed by atoms with van der Waals surface area (Å²) in [4.78, 5) is 24.9. The molecule has 4 nitrogen and oxygen atoms in total. The molecule has 1 aromatic rings. The highest BCUT2D eigenvalue weighted by Gasteiger charge is 2.41. The minimum absolute atomic E-state index is 0.0543. The predicted octanol–water partition coefficient (Wildman–Crippen LogP) is 2.00. The van der Waals surface area contributed by atoms with Crippen LogP contribution in [0.1, 0.15) is 36.0 Å². The molecule has 0 radical (unpaired) electrons. The molecule has 2 fully saturated rings. The van der Waals surface area contributed by atoms with E-state index in [2.05, 4.69) is 0 Å². The molecule has 2 aliphatic rings. The third kappa shape index (κ3) is 2.35. The lowest BCUT2D eigenvalue weighted by atomic mass is 10.0. The van der Waals surface area contributed by atoms with E-state index < -0.39 is 0 Å². The van der Waals surface area contributed by atoms with E-state index in [4.69, 9.17) is 4.74 Å². The molecule has 0 aliphatic carbocycles. The van der Waals surface area contributed by atoms with E-state index in [1.807, 2.05) is 23.1 Å². The summed E-state index contributed by atoms with van der Waals surface area (Å²) in [6.07, 6.45) is 4.49. The van der Waals surface area contributed by atoms with Gasteiger partial charge in [0.25, 0.3) is 0 Å². The molecule has 0 aromatic heterocycles. The Kier molecular flexibility index (Phi) is 3.23. The highest BCUT2D eigenvalue weighted by atomic mass is 16.5. The second-order valence-corrected chi connectivity index (χ2v) is 5.30. The first kappa shape index (κ1) is 12.2. The Labute approximate surface area is 112 Å². The number of carbonyl (C=O) groups is 2. The van der Waals surface area contributed by atoms with Crippen molar-refractivity contribution in [1.82, 2.24) is 4.90 Å². The molecule has 19 heavy (non-hydrogen) atoms. The molecule has 0 spiro atoms. The lowest BCUT2D eigenvalue weighted by Crippen LogP contribution is -2.45. The van der Waals surface area contributed by atoms with Crippen molar-refractivity contribution in [3.05, 3.63) is 35.9 Å². The summed E-state index contributed by atoms with van der Waals surface area (Å²) in [5, 5.41) is 0. The van der Waals surface area contributed by atoms with Gasteiger partial charge in [0.05, 0.1) is 5.56 Å². The summed E-state index contributed by atoms with van der Waals surface area (Å²) in [6.45, 7) is 0. The lowest BCUT2D eigenvalue weighted by Gasteiger charge is -2.35. The van der Waals surface area contributed by atoms with Crippen molar-refractivity contribution < 1.29 is 14.3 Å². The molecule has 1 amide bonds. The number of fused-ring (bicyclic) bond motifs is 2.